The molecule has 626 valence electrons. The molecule has 4 saturated carbocycles. The number of carbonyl (C=O) groups is 8. The van der Waals surface area contributed by atoms with Crippen LogP contribution < -0.4 is 21.3 Å². The van der Waals surface area contributed by atoms with Crippen molar-refractivity contribution in [3.05, 3.63) is 134 Å². The Kier molecular flexibility index (Phi) is 52.1. The van der Waals surface area contributed by atoms with Gasteiger partial charge in [-0.1, -0.05) is 226 Å². The van der Waals surface area contributed by atoms with E-state index < -0.39 is 6.04 Å². The number of carbonyl (C=O) groups excluding carboxylic acids is 8. The molecule has 112 heavy (non-hydrogen) atoms. The van der Waals surface area contributed by atoms with Gasteiger partial charge in [0.1, 0.15) is 24.2 Å². The summed E-state index contributed by atoms with van der Waals surface area (Å²) in [6.45, 7) is 19.5. The van der Waals surface area contributed by atoms with E-state index in [1.54, 1.807) is 11.0 Å². The van der Waals surface area contributed by atoms with Crippen LogP contribution in [0.3, 0.4) is 0 Å². The third kappa shape index (κ3) is 33.1. The van der Waals surface area contributed by atoms with Gasteiger partial charge in [0.25, 0.3) is 23.6 Å². The molecule has 0 saturated heterocycles. The van der Waals surface area contributed by atoms with Crippen LogP contribution in [0.1, 0.15) is 316 Å². The molecule has 4 aromatic carbocycles. The molecule has 0 aliphatic heterocycles. The van der Waals surface area contributed by atoms with Crippen LogP contribution in [0, 0.1) is 38.0 Å². The summed E-state index contributed by atoms with van der Waals surface area (Å²) in [6, 6.07) is 28.9. The third-order valence-corrected chi connectivity index (χ3v) is 25.9. The fraction of sp³-hybridized carbons (Fsp3) is 0.648. The number of nitrogens with one attached hydrogen (secondary N) is 4. The maximum absolute atomic E-state index is 13.6. The Balaban J connectivity index is 0.000000314. The van der Waals surface area contributed by atoms with Gasteiger partial charge in [0.15, 0.2) is 0 Å². The Morgan fingerprint density at radius 1 is 0.312 bits per heavy atom. The number of hydrogen-bond donors (Lipinski definition) is 5. The van der Waals surface area contributed by atoms with Gasteiger partial charge in [-0.2, -0.15) is 0 Å². The molecular weight excluding hydrogens is 1860 g/mol. The second-order valence-corrected chi connectivity index (χ2v) is 35.3. The first kappa shape index (κ1) is 99.9. The minimum atomic E-state index is -0.516. The molecule has 0 bridgehead atoms. The number of halogens is 4. The van der Waals surface area contributed by atoms with Gasteiger partial charge < -0.3 is 46.0 Å². The summed E-state index contributed by atoms with van der Waals surface area (Å²) in [7, 11) is 0. The average molecular weight is 2000 g/mol. The Hall–Kier alpha value is -4.48. The number of hydrogen-bond acceptors (Lipinski definition) is 9. The fourth-order valence-electron chi connectivity index (χ4n) is 16.0. The molecule has 21 heteroatoms. The summed E-state index contributed by atoms with van der Waals surface area (Å²) in [5.74, 6) is 0.790. The van der Waals surface area contributed by atoms with Gasteiger partial charge in [-0.25, -0.2) is 0 Å². The first-order valence-electron chi connectivity index (χ1n) is 42.8. The molecule has 17 nitrogen and oxygen atoms in total. The van der Waals surface area contributed by atoms with Gasteiger partial charge in [-0.05, 0) is 259 Å². The molecule has 0 aromatic heterocycles. The molecule has 8 amide bonds. The molecule has 0 spiro atoms. The standard InChI is InChI=1S/C24H37IN2O2.C23H35IN2O2.C22H33IN2O2.C21H31IN2O3.CH4/c1-3-5-12-18-27(24(29)20-15-10-11-16-21(20)25)22(19-13-8-7-9-14-19)23(28)26-17-6-4-2;1-3-5-16-25-22(27)21(18-12-8-7-9-13-18)26(17-6-4-2)23(28)19-14-10-11-15-20(19)24;1-3-5-15-24-21(26)20(17-11-7-6-8-12-17)25(16-4-2)22(27)18-13-9-10-14-19(18)23;1-2-3-13-23-20(26)19(16-9-5-4-6-10-16)24(14-15-25)21(27)17-11-7-8-12-18(17)22;/h10-11,15-16,19,22H,3-9,12-14,17-18H2,1-2H3,(H,26,28);10-11,14-15,18,21H,3-9,12-13,16-17H2,1-2H3,(H,25,27);9-10,13-14,17,20H,3-8,11-12,15-16H2,1-2H3,(H,24,26);7-8,11-12,16,19,25H,2-6,9-10,13-15H2,1H3,(H,23,26);1H4. The van der Waals surface area contributed by atoms with Gasteiger partial charge in [-0.15, -0.1) is 0 Å². The number of rotatable bonds is 39. The van der Waals surface area contributed by atoms with Crippen LogP contribution in [-0.2, 0) is 19.2 Å². The van der Waals surface area contributed by atoms with Crippen LogP contribution >= 0.6 is 90.4 Å². The third-order valence-electron chi connectivity index (χ3n) is 22.1. The monoisotopic (exact) mass is 2000 g/mol. The zero-order valence-electron chi connectivity index (χ0n) is 68.3. The molecular formula is C91H140I4N8O9. The predicted octanol–water partition coefficient (Wildman–Crippen LogP) is 20.4. The van der Waals surface area contributed by atoms with Crippen molar-refractivity contribution < 1.29 is 43.5 Å². The number of amides is 8. The SMILES string of the molecule is C.CCCCCN(C(=O)c1ccccc1I)C(C(=O)NCCCC)C1CCCCC1.CCCCNC(=O)C(C1CCCCC1)N(CCC)C(=O)c1ccccc1I.CCCCNC(=O)C(C1CCCCC1)N(CCCC)C(=O)c1ccccc1I.CCCCNC(=O)C(C1CCCCC1)N(CCO)C(=O)c1ccccc1I. The van der Waals surface area contributed by atoms with E-state index >= 15 is 0 Å². The molecule has 4 aliphatic rings. The van der Waals surface area contributed by atoms with E-state index in [9.17, 15) is 43.5 Å². The Labute approximate surface area is 729 Å². The molecule has 0 heterocycles. The topological polar surface area (TPSA) is 218 Å². The summed E-state index contributed by atoms with van der Waals surface area (Å²) < 4.78 is 3.69. The highest BCUT2D eigenvalue weighted by Gasteiger charge is 2.42. The first-order valence-corrected chi connectivity index (χ1v) is 47.1. The van der Waals surface area contributed by atoms with Crippen molar-refractivity contribution in [1.29, 1.82) is 0 Å². The molecule has 4 fully saturated rings. The largest absolute Gasteiger partial charge is 0.395 e. The van der Waals surface area contributed by atoms with Gasteiger partial charge in [0, 0.05) is 66.6 Å². The van der Waals surface area contributed by atoms with E-state index in [2.05, 4.69) is 160 Å². The summed E-state index contributed by atoms with van der Waals surface area (Å²) in [6.07, 6.45) is 36.0. The smallest absolute Gasteiger partial charge is 0.255 e. The molecule has 4 atom stereocenters. The highest BCUT2D eigenvalue weighted by Crippen LogP contribution is 2.36. The average Bonchev–Trinajstić information content (AvgIpc) is 0.824. The molecule has 5 N–H and O–H groups in total. The summed E-state index contributed by atoms with van der Waals surface area (Å²) in [5.41, 5.74) is 2.72. The Morgan fingerprint density at radius 2 is 0.536 bits per heavy atom. The lowest BCUT2D eigenvalue weighted by Gasteiger charge is -2.38. The minimum Gasteiger partial charge on any atom is -0.395 e. The maximum Gasteiger partial charge on any atom is 0.255 e. The van der Waals surface area contributed by atoms with Gasteiger partial charge in [-0.3, -0.25) is 38.4 Å². The Morgan fingerprint density at radius 3 is 0.759 bits per heavy atom. The number of aliphatic hydroxyl groups is 1. The summed E-state index contributed by atoms with van der Waals surface area (Å²) in [5, 5.41) is 22.0. The lowest BCUT2D eigenvalue weighted by Crippen LogP contribution is -2.54. The number of aliphatic hydroxyl groups excluding tert-OH is 1. The van der Waals surface area contributed by atoms with Gasteiger partial charge in [0.2, 0.25) is 23.6 Å². The zero-order valence-corrected chi connectivity index (χ0v) is 76.9. The van der Waals surface area contributed by atoms with Crippen molar-refractivity contribution >= 4 is 138 Å². The molecule has 4 aliphatic carbocycles. The zero-order chi connectivity index (χ0) is 80.7. The normalized spacial score (nSPS) is 15.7. The molecule has 0 radical (unpaired) electrons. The van der Waals surface area contributed by atoms with Crippen LogP contribution in [0.5, 0.6) is 0 Å². The summed E-state index contributed by atoms with van der Waals surface area (Å²) >= 11 is 8.81. The molecule has 4 aromatic rings. The fourth-order valence-corrected chi connectivity index (χ4v) is 18.5. The van der Waals surface area contributed by atoms with Gasteiger partial charge in [0.05, 0.1) is 28.9 Å². The van der Waals surface area contributed by atoms with Crippen molar-refractivity contribution in [2.75, 3.05) is 59.0 Å². The summed E-state index contributed by atoms with van der Waals surface area (Å²) in [4.78, 5) is 114. The van der Waals surface area contributed by atoms with E-state index in [1.807, 2.05) is 106 Å². The second kappa shape index (κ2) is 58.4. The molecule has 8 rings (SSSR count). The highest BCUT2D eigenvalue weighted by atomic mass is 127. The predicted molar refractivity (Wildman–Crippen MR) is 492 cm³/mol. The lowest BCUT2D eigenvalue weighted by atomic mass is 9.82. The van der Waals surface area contributed by atoms with Crippen LogP contribution in [0.15, 0.2) is 97.1 Å². The van der Waals surface area contributed by atoms with Crippen molar-refractivity contribution in [3.8, 4) is 0 Å². The number of unbranched alkanes of at least 4 members (excludes halogenated alkanes) is 7. The van der Waals surface area contributed by atoms with E-state index in [0.717, 1.165) is 207 Å². The quantitative estimate of drug-likeness (QED) is 0.0212. The van der Waals surface area contributed by atoms with E-state index in [0.29, 0.717) is 68.1 Å². The van der Waals surface area contributed by atoms with Crippen LogP contribution in [0.4, 0.5) is 0 Å². The van der Waals surface area contributed by atoms with Crippen LogP contribution in [0.25, 0.3) is 0 Å². The second-order valence-electron chi connectivity index (χ2n) is 30.6. The minimum absolute atomic E-state index is 0. The van der Waals surface area contributed by atoms with Gasteiger partial charge >= 0.3 is 0 Å². The van der Waals surface area contributed by atoms with E-state index in [1.165, 1.54) is 25.7 Å². The van der Waals surface area contributed by atoms with Crippen molar-refractivity contribution in [3.63, 3.8) is 0 Å². The van der Waals surface area contributed by atoms with Crippen LogP contribution in [-0.4, -0.2) is 155 Å². The maximum atomic E-state index is 13.6. The number of benzene rings is 4. The van der Waals surface area contributed by atoms with Crippen molar-refractivity contribution in [2.24, 2.45) is 23.7 Å². The van der Waals surface area contributed by atoms with E-state index in [-0.39, 0.29) is 110 Å². The van der Waals surface area contributed by atoms with Crippen molar-refractivity contribution in [1.82, 2.24) is 40.9 Å². The molecule has 4 unspecified atom stereocenters. The first-order chi connectivity index (χ1) is 53.9. The van der Waals surface area contributed by atoms with E-state index in [4.69, 9.17) is 0 Å². The highest BCUT2D eigenvalue weighted by molar-refractivity contribution is 14.1. The number of nitrogens with zero attached hydrogens (tertiary/aromatic N) is 4. The Bertz CT molecular complexity index is 3270. The lowest BCUT2D eigenvalue weighted by molar-refractivity contribution is -0.128. The van der Waals surface area contributed by atoms with Crippen LogP contribution in [0.2, 0.25) is 0 Å². The van der Waals surface area contributed by atoms with Crippen molar-refractivity contribution in [2.45, 2.75) is 298 Å².